The van der Waals surface area contributed by atoms with Crippen LogP contribution in [0.3, 0.4) is 0 Å². The monoisotopic (exact) mass is 829 g/mol. The average molecular weight is 830 g/mol. The maximum Gasteiger partial charge on any atom is 0.417 e. The number of rotatable bonds is 5. The number of hydrogen-bond acceptors (Lipinski definition) is 5. The van der Waals surface area contributed by atoms with Crippen LogP contribution >= 0.6 is 0 Å². The quantitative estimate of drug-likeness (QED) is 0.171. The fraction of sp³-hybridized carbons (Fsp3) is 0.0185. The molecule has 0 spiro atoms. The zero-order valence-corrected chi connectivity index (χ0v) is 33.3. The number of hydrogen-bond donors (Lipinski definition) is 0. The number of nitriles is 5. The van der Waals surface area contributed by atoms with E-state index in [2.05, 4.69) is 30.3 Å². The van der Waals surface area contributed by atoms with Crippen molar-refractivity contribution in [3.8, 4) is 75.1 Å². The minimum atomic E-state index is -4.74. The van der Waals surface area contributed by atoms with Crippen molar-refractivity contribution in [2.45, 2.75) is 6.18 Å². The molecule has 64 heavy (non-hydrogen) atoms. The Bertz CT molecular complexity index is 3850. The van der Waals surface area contributed by atoms with Crippen LogP contribution in [-0.4, -0.2) is 9.13 Å². The molecule has 0 saturated carbocycles. The highest BCUT2D eigenvalue weighted by Gasteiger charge is 2.34. The predicted octanol–water partition coefficient (Wildman–Crippen LogP) is 13.3. The summed E-state index contributed by atoms with van der Waals surface area (Å²) in [5, 5.41) is 53.8. The molecule has 2 heterocycles. The van der Waals surface area contributed by atoms with Crippen molar-refractivity contribution in [3.05, 3.63) is 191 Å². The molecule has 10 heteroatoms. The Balaban J connectivity index is 1.37. The van der Waals surface area contributed by atoms with Crippen molar-refractivity contribution in [1.29, 1.82) is 26.3 Å². The summed E-state index contributed by atoms with van der Waals surface area (Å²) in [4.78, 5) is 0. The summed E-state index contributed by atoms with van der Waals surface area (Å²) < 4.78 is 48.5. The highest BCUT2D eigenvalue weighted by molar-refractivity contribution is 6.13. The van der Waals surface area contributed by atoms with E-state index in [-0.39, 0.29) is 16.7 Å². The van der Waals surface area contributed by atoms with Gasteiger partial charge >= 0.3 is 6.18 Å². The van der Waals surface area contributed by atoms with Crippen LogP contribution in [0.2, 0.25) is 0 Å². The van der Waals surface area contributed by atoms with Crippen molar-refractivity contribution in [3.63, 3.8) is 0 Å². The predicted molar refractivity (Wildman–Crippen MR) is 240 cm³/mol. The summed E-state index contributed by atoms with van der Waals surface area (Å²) in [5.41, 5.74) is 6.66. The third-order valence-electron chi connectivity index (χ3n) is 11.7. The Morgan fingerprint density at radius 3 is 1.28 bits per heavy atom. The Labute approximate surface area is 363 Å². The summed E-state index contributed by atoms with van der Waals surface area (Å²) in [6.45, 7) is 0. The molecule has 298 valence electrons. The van der Waals surface area contributed by atoms with Gasteiger partial charge in [-0.2, -0.15) is 39.5 Å². The second-order valence-corrected chi connectivity index (χ2v) is 15.2. The van der Waals surface area contributed by atoms with Crippen molar-refractivity contribution in [1.82, 2.24) is 9.13 Å². The van der Waals surface area contributed by atoms with Crippen LogP contribution < -0.4 is 0 Å². The van der Waals surface area contributed by atoms with E-state index in [0.717, 1.165) is 38.6 Å². The van der Waals surface area contributed by atoms with E-state index in [1.165, 1.54) is 30.3 Å². The second-order valence-electron chi connectivity index (χ2n) is 15.2. The lowest BCUT2D eigenvalue weighted by Crippen LogP contribution is -2.09. The number of halogens is 3. The van der Waals surface area contributed by atoms with Gasteiger partial charge in [0.05, 0.1) is 97.2 Å². The summed E-state index contributed by atoms with van der Waals surface area (Å²) in [7, 11) is 0. The third kappa shape index (κ3) is 6.09. The summed E-state index contributed by atoms with van der Waals surface area (Å²) in [5.74, 6) is 0. The van der Waals surface area contributed by atoms with E-state index < -0.39 is 11.7 Å². The van der Waals surface area contributed by atoms with Crippen molar-refractivity contribution < 1.29 is 13.2 Å². The zero-order valence-electron chi connectivity index (χ0n) is 33.3. The summed E-state index contributed by atoms with van der Waals surface area (Å²) in [6, 6.07) is 56.2. The number of alkyl halides is 3. The molecule has 0 amide bonds. The van der Waals surface area contributed by atoms with E-state index in [9.17, 15) is 39.5 Å². The molecule has 10 aromatic rings. The lowest BCUT2D eigenvalue weighted by atomic mass is 9.94. The van der Waals surface area contributed by atoms with Gasteiger partial charge in [0.2, 0.25) is 0 Å². The molecular formula is C54H26F3N7. The first-order valence-corrected chi connectivity index (χ1v) is 19.9. The second kappa shape index (κ2) is 14.9. The van der Waals surface area contributed by atoms with Gasteiger partial charge in [0.15, 0.2) is 0 Å². The molecule has 0 N–H and O–H groups in total. The molecule has 0 aliphatic rings. The Kier molecular flexibility index (Phi) is 9.06. The number of fused-ring (bicyclic) bond motifs is 6. The van der Waals surface area contributed by atoms with Crippen LogP contribution in [0.1, 0.15) is 33.4 Å². The van der Waals surface area contributed by atoms with Crippen LogP contribution in [0.4, 0.5) is 13.2 Å². The fourth-order valence-electron chi connectivity index (χ4n) is 8.93. The van der Waals surface area contributed by atoms with E-state index in [4.69, 9.17) is 0 Å². The third-order valence-corrected chi connectivity index (χ3v) is 11.7. The Hall–Kier alpha value is -9.40. The van der Waals surface area contributed by atoms with E-state index in [1.807, 2.05) is 94.1 Å². The highest BCUT2D eigenvalue weighted by atomic mass is 19.4. The molecule has 0 aliphatic heterocycles. The first-order valence-electron chi connectivity index (χ1n) is 19.9. The number of nitrogens with zero attached hydrogens (tertiary/aromatic N) is 7. The van der Waals surface area contributed by atoms with Crippen LogP contribution in [0.5, 0.6) is 0 Å². The van der Waals surface area contributed by atoms with Crippen LogP contribution in [-0.2, 0) is 6.18 Å². The van der Waals surface area contributed by atoms with Crippen LogP contribution in [0, 0.1) is 56.7 Å². The van der Waals surface area contributed by atoms with Gasteiger partial charge in [0.1, 0.15) is 0 Å². The number of benzene rings is 8. The van der Waals surface area contributed by atoms with Gasteiger partial charge in [-0.1, -0.05) is 91.0 Å². The first-order chi connectivity index (χ1) is 31.1. The lowest BCUT2D eigenvalue weighted by molar-refractivity contribution is -0.137. The molecule has 0 atom stereocenters. The fourth-order valence-corrected chi connectivity index (χ4v) is 8.93. The molecule has 0 unspecified atom stereocenters. The molecule has 0 aliphatic carbocycles. The molecule has 7 nitrogen and oxygen atoms in total. The van der Waals surface area contributed by atoms with Gasteiger partial charge in [0.25, 0.3) is 0 Å². The lowest BCUT2D eigenvalue weighted by Gasteiger charge is -2.21. The van der Waals surface area contributed by atoms with Gasteiger partial charge < -0.3 is 9.13 Å². The average Bonchev–Trinajstić information content (AvgIpc) is 3.84. The highest BCUT2D eigenvalue weighted by Crippen LogP contribution is 2.45. The van der Waals surface area contributed by atoms with E-state index in [0.29, 0.717) is 66.9 Å². The minimum absolute atomic E-state index is 0.00842. The van der Waals surface area contributed by atoms with Gasteiger partial charge in [-0.3, -0.25) is 0 Å². The maximum absolute atomic E-state index is 14.8. The van der Waals surface area contributed by atoms with Crippen LogP contribution in [0.25, 0.3) is 88.4 Å². The topological polar surface area (TPSA) is 129 Å². The Morgan fingerprint density at radius 1 is 0.359 bits per heavy atom. The normalized spacial score (nSPS) is 11.3. The van der Waals surface area contributed by atoms with Gasteiger partial charge in [-0.25, -0.2) is 0 Å². The largest absolute Gasteiger partial charge is 0.417 e. The Morgan fingerprint density at radius 2 is 0.797 bits per heavy atom. The van der Waals surface area contributed by atoms with Gasteiger partial charge in [-0.05, 0) is 94.5 Å². The number of para-hydroxylation sites is 2. The van der Waals surface area contributed by atoms with Crippen molar-refractivity contribution in [2.24, 2.45) is 0 Å². The van der Waals surface area contributed by atoms with Gasteiger partial charge in [0, 0.05) is 27.1 Å². The first kappa shape index (κ1) is 38.8. The van der Waals surface area contributed by atoms with E-state index >= 15 is 0 Å². The molecule has 0 radical (unpaired) electrons. The molecule has 0 bridgehead atoms. The van der Waals surface area contributed by atoms with Crippen LogP contribution in [0.15, 0.2) is 158 Å². The van der Waals surface area contributed by atoms with Gasteiger partial charge in [-0.15, -0.1) is 0 Å². The minimum Gasteiger partial charge on any atom is -0.307 e. The van der Waals surface area contributed by atoms with Crippen molar-refractivity contribution in [2.75, 3.05) is 0 Å². The molecular weight excluding hydrogens is 804 g/mol. The molecule has 0 fully saturated rings. The number of aromatic nitrogens is 2. The molecule has 10 rings (SSSR count). The standard InChI is InChI=1S/C54H26F3N7/c55-54(56,57)47-10-4-1-7-41(47)46-26-53(64-49-12-6-3-9-43(49)45-20-16-35(24-51(45)64)40-18-14-33(28-59)22-37(40)30-61)52(25-38(46)31-62)63-48-11-5-2-8-42(48)44-19-15-34(23-50(44)63)39-17-13-32(27-58)21-36(39)29-60/h1-26H. The summed E-state index contributed by atoms with van der Waals surface area (Å²) >= 11 is 0. The molecule has 2 aromatic heterocycles. The molecule has 0 saturated heterocycles. The molecule has 8 aromatic carbocycles. The van der Waals surface area contributed by atoms with E-state index in [1.54, 1.807) is 36.4 Å². The van der Waals surface area contributed by atoms with Crippen molar-refractivity contribution >= 4 is 43.6 Å². The zero-order chi connectivity index (χ0) is 44.3. The smallest absolute Gasteiger partial charge is 0.307 e. The summed E-state index contributed by atoms with van der Waals surface area (Å²) in [6.07, 6.45) is -4.74. The SMILES string of the molecule is N#Cc1ccc(-c2ccc3c4ccccc4n(-c4cc(C#N)c(-c5ccccc5C(F)(F)F)cc4-n4c5ccccc5c5ccc(-c6ccc(C#N)cc6C#N)cc54)c3c2)c(C#N)c1. The maximum atomic E-state index is 14.8.